The Morgan fingerprint density at radius 2 is 1.69 bits per heavy atom. The highest BCUT2D eigenvalue weighted by Gasteiger charge is 2.04. The zero-order valence-corrected chi connectivity index (χ0v) is 9.96. The van der Waals surface area contributed by atoms with Crippen LogP contribution in [0.3, 0.4) is 0 Å². The number of aryl methyl sites for hydroxylation is 1. The second-order valence-electron chi connectivity index (χ2n) is 3.88. The minimum absolute atomic E-state index is 0.641. The molecule has 1 heteroatoms. The smallest absolute Gasteiger partial charge is 0.0301 e. The molecule has 1 heterocycles. The van der Waals surface area contributed by atoms with Crippen LogP contribution in [0.1, 0.15) is 34.7 Å². The van der Waals surface area contributed by atoms with E-state index in [1.807, 2.05) is 11.3 Å². The van der Waals surface area contributed by atoms with Crippen LogP contribution in [0.5, 0.6) is 0 Å². The largest absolute Gasteiger partial charge is 0.141 e. The molecule has 13 heavy (non-hydrogen) atoms. The molecule has 0 saturated heterocycles. The number of hydrogen-bond acceptors (Lipinski definition) is 1. The lowest BCUT2D eigenvalue weighted by atomic mass is 10.1. The van der Waals surface area contributed by atoms with E-state index in [1.165, 1.54) is 20.9 Å². The quantitative estimate of drug-likeness (QED) is 0.657. The fourth-order valence-corrected chi connectivity index (χ4v) is 2.29. The van der Waals surface area contributed by atoms with Crippen molar-refractivity contribution in [3.8, 4) is 0 Å². The first kappa shape index (κ1) is 10.5. The summed E-state index contributed by atoms with van der Waals surface area (Å²) < 4.78 is 0. The van der Waals surface area contributed by atoms with Gasteiger partial charge < -0.3 is 0 Å². The summed E-state index contributed by atoms with van der Waals surface area (Å²) in [6.45, 7) is 11.0. The van der Waals surface area contributed by atoms with Gasteiger partial charge in [-0.05, 0) is 43.9 Å². The maximum atomic E-state index is 2.26. The third kappa shape index (κ3) is 2.44. The summed E-state index contributed by atoms with van der Waals surface area (Å²) in [6, 6.07) is 0. The van der Waals surface area contributed by atoms with Crippen LogP contribution < -0.4 is 0 Å². The summed E-state index contributed by atoms with van der Waals surface area (Å²) in [4.78, 5) is 2.87. The number of allylic oxidation sites excluding steroid dienone is 1. The van der Waals surface area contributed by atoms with Gasteiger partial charge in [-0.3, -0.25) is 0 Å². The standard InChI is InChI=1S/C12H18S/c1-8(2)6-7-12-10(4)9(3)11(5)13-12/h6-8H,1-5H3. The van der Waals surface area contributed by atoms with Crippen molar-refractivity contribution in [2.45, 2.75) is 34.6 Å². The number of thiophene rings is 1. The van der Waals surface area contributed by atoms with Crippen molar-refractivity contribution in [1.82, 2.24) is 0 Å². The lowest BCUT2D eigenvalue weighted by molar-refractivity contribution is 0.836. The predicted octanol–water partition coefficient (Wildman–Crippen LogP) is 4.34. The van der Waals surface area contributed by atoms with Gasteiger partial charge in [-0.25, -0.2) is 0 Å². The fraction of sp³-hybridized carbons (Fsp3) is 0.500. The van der Waals surface area contributed by atoms with Crippen molar-refractivity contribution in [1.29, 1.82) is 0 Å². The van der Waals surface area contributed by atoms with Crippen molar-refractivity contribution in [2.24, 2.45) is 5.92 Å². The van der Waals surface area contributed by atoms with Crippen LogP contribution >= 0.6 is 11.3 Å². The first-order valence-corrected chi connectivity index (χ1v) is 5.58. The number of rotatable bonds is 2. The summed E-state index contributed by atoms with van der Waals surface area (Å²) in [5, 5.41) is 0. The van der Waals surface area contributed by atoms with Crippen LogP contribution in [-0.4, -0.2) is 0 Å². The molecule has 0 aliphatic carbocycles. The van der Waals surface area contributed by atoms with Gasteiger partial charge in [0.25, 0.3) is 0 Å². The highest BCUT2D eigenvalue weighted by molar-refractivity contribution is 7.13. The van der Waals surface area contributed by atoms with E-state index < -0.39 is 0 Å². The molecule has 0 aliphatic heterocycles. The lowest BCUT2D eigenvalue weighted by Crippen LogP contribution is -1.78. The monoisotopic (exact) mass is 194 g/mol. The molecule has 1 aromatic heterocycles. The fourth-order valence-electron chi connectivity index (χ4n) is 1.21. The van der Waals surface area contributed by atoms with E-state index in [1.54, 1.807) is 0 Å². The second kappa shape index (κ2) is 4.10. The Balaban J connectivity index is 2.96. The summed E-state index contributed by atoms with van der Waals surface area (Å²) in [7, 11) is 0. The first-order chi connectivity index (χ1) is 6.02. The van der Waals surface area contributed by atoms with Crippen LogP contribution in [-0.2, 0) is 0 Å². The van der Waals surface area contributed by atoms with Crippen LogP contribution in [0.2, 0.25) is 0 Å². The molecule has 0 amide bonds. The number of hydrogen-bond donors (Lipinski definition) is 0. The van der Waals surface area contributed by atoms with Gasteiger partial charge in [-0.2, -0.15) is 0 Å². The molecule has 72 valence electrons. The van der Waals surface area contributed by atoms with Gasteiger partial charge in [0.1, 0.15) is 0 Å². The molecule has 0 nitrogen and oxygen atoms in total. The molecule has 0 fully saturated rings. The maximum absolute atomic E-state index is 2.26. The molecule has 0 aromatic carbocycles. The van der Waals surface area contributed by atoms with E-state index in [0.29, 0.717) is 5.92 Å². The van der Waals surface area contributed by atoms with E-state index in [9.17, 15) is 0 Å². The zero-order valence-electron chi connectivity index (χ0n) is 9.14. The van der Waals surface area contributed by atoms with E-state index in [4.69, 9.17) is 0 Å². The second-order valence-corrected chi connectivity index (χ2v) is 5.13. The van der Waals surface area contributed by atoms with Crippen molar-refractivity contribution in [2.75, 3.05) is 0 Å². The summed E-state index contributed by atoms with van der Waals surface area (Å²) in [5.74, 6) is 0.641. The van der Waals surface area contributed by atoms with Crippen molar-refractivity contribution in [3.63, 3.8) is 0 Å². The normalized spacial score (nSPS) is 11.8. The van der Waals surface area contributed by atoms with Crippen molar-refractivity contribution in [3.05, 3.63) is 27.0 Å². The van der Waals surface area contributed by atoms with E-state index in [2.05, 4.69) is 46.8 Å². The van der Waals surface area contributed by atoms with Gasteiger partial charge in [0, 0.05) is 9.75 Å². The Labute approximate surface area is 85.3 Å². The molecule has 0 atom stereocenters. The van der Waals surface area contributed by atoms with E-state index in [-0.39, 0.29) is 0 Å². The third-order valence-electron chi connectivity index (χ3n) is 2.36. The third-order valence-corrected chi connectivity index (χ3v) is 3.63. The average molecular weight is 194 g/mol. The highest BCUT2D eigenvalue weighted by atomic mass is 32.1. The Kier molecular flexibility index (Phi) is 3.32. The van der Waals surface area contributed by atoms with Gasteiger partial charge in [0.05, 0.1) is 0 Å². The predicted molar refractivity (Wildman–Crippen MR) is 62.4 cm³/mol. The molecule has 0 saturated carbocycles. The van der Waals surface area contributed by atoms with E-state index in [0.717, 1.165) is 0 Å². The molecular weight excluding hydrogens is 176 g/mol. The average Bonchev–Trinajstić information content (AvgIpc) is 2.29. The van der Waals surface area contributed by atoms with Crippen LogP contribution in [0.15, 0.2) is 6.08 Å². The molecule has 0 unspecified atom stereocenters. The summed E-state index contributed by atoms with van der Waals surface area (Å²) in [5.41, 5.74) is 2.90. The minimum Gasteiger partial charge on any atom is -0.141 e. The lowest BCUT2D eigenvalue weighted by Gasteiger charge is -1.94. The summed E-state index contributed by atoms with van der Waals surface area (Å²) >= 11 is 1.90. The topological polar surface area (TPSA) is 0 Å². The molecule has 0 spiro atoms. The molecule has 0 bridgehead atoms. The molecule has 0 N–H and O–H groups in total. The Morgan fingerprint density at radius 1 is 1.08 bits per heavy atom. The van der Waals surface area contributed by atoms with Crippen LogP contribution in [0.4, 0.5) is 0 Å². The van der Waals surface area contributed by atoms with Gasteiger partial charge in [0.15, 0.2) is 0 Å². The Hall–Kier alpha value is -0.560. The van der Waals surface area contributed by atoms with Gasteiger partial charge in [-0.15, -0.1) is 11.3 Å². The summed E-state index contributed by atoms with van der Waals surface area (Å²) in [6.07, 6.45) is 4.52. The highest BCUT2D eigenvalue weighted by Crippen LogP contribution is 2.27. The van der Waals surface area contributed by atoms with Gasteiger partial charge >= 0.3 is 0 Å². The van der Waals surface area contributed by atoms with E-state index >= 15 is 0 Å². The van der Waals surface area contributed by atoms with Crippen LogP contribution in [0, 0.1) is 26.7 Å². The first-order valence-electron chi connectivity index (χ1n) is 4.77. The van der Waals surface area contributed by atoms with Crippen molar-refractivity contribution >= 4 is 17.4 Å². The molecule has 0 radical (unpaired) electrons. The molecule has 1 aromatic rings. The molecule has 0 aliphatic rings. The van der Waals surface area contributed by atoms with Gasteiger partial charge in [-0.1, -0.05) is 19.9 Å². The van der Waals surface area contributed by atoms with Crippen molar-refractivity contribution < 1.29 is 0 Å². The molecule has 1 rings (SSSR count). The van der Waals surface area contributed by atoms with Gasteiger partial charge in [0.2, 0.25) is 0 Å². The Morgan fingerprint density at radius 3 is 2.08 bits per heavy atom. The van der Waals surface area contributed by atoms with Crippen LogP contribution in [0.25, 0.3) is 6.08 Å². The molecular formula is C12H18S. The maximum Gasteiger partial charge on any atom is 0.0301 e. The zero-order chi connectivity index (χ0) is 10.0. The Bertz CT molecular complexity index is 316. The SMILES string of the molecule is Cc1sc(C=CC(C)C)c(C)c1C. The minimum atomic E-state index is 0.641.